The summed E-state index contributed by atoms with van der Waals surface area (Å²) in [5, 5.41) is 10.5. The topological polar surface area (TPSA) is 62.1 Å². The molecular weight excluding hydrogens is 132 g/mol. The van der Waals surface area contributed by atoms with Crippen LogP contribution in [0.3, 0.4) is 0 Å². The van der Waals surface area contributed by atoms with Crippen LogP contribution in [0.15, 0.2) is 0 Å². The second-order valence-corrected chi connectivity index (χ2v) is 2.02. The van der Waals surface area contributed by atoms with Crippen molar-refractivity contribution in [3.05, 3.63) is 0 Å². The lowest BCUT2D eigenvalue weighted by atomic mass is 10.2. The maximum absolute atomic E-state index is 10.8. The Bertz CT molecular complexity index is 169. The van der Waals surface area contributed by atoms with E-state index < -0.39 is 0 Å². The van der Waals surface area contributed by atoms with Crippen molar-refractivity contribution in [3.63, 3.8) is 0 Å². The second kappa shape index (κ2) is 3.18. The first-order chi connectivity index (χ1) is 4.84. The van der Waals surface area contributed by atoms with Gasteiger partial charge < -0.3 is 10.1 Å². The fourth-order valence-corrected chi connectivity index (χ4v) is 0.683. The first-order valence-electron chi connectivity index (χ1n) is 3.11. The van der Waals surface area contributed by atoms with Crippen LogP contribution in [0.4, 0.5) is 0 Å². The van der Waals surface area contributed by atoms with E-state index in [0.717, 1.165) is 6.42 Å². The predicted molar refractivity (Wildman–Crippen MR) is 33.0 cm³/mol. The van der Waals surface area contributed by atoms with Gasteiger partial charge in [-0.05, 0) is 0 Å². The van der Waals surface area contributed by atoms with Gasteiger partial charge in [-0.3, -0.25) is 4.79 Å². The SMILES string of the molecule is N#CCNC(=O)C1CCO1. The van der Waals surface area contributed by atoms with E-state index in [1.807, 2.05) is 6.07 Å². The standard InChI is InChI=1S/C6H8N2O2/c7-2-3-8-6(9)5-1-4-10-5/h5H,1,3-4H2,(H,8,9). The normalized spacial score (nSPS) is 22.5. The number of nitrogens with zero attached hydrogens (tertiary/aromatic N) is 1. The van der Waals surface area contributed by atoms with Crippen LogP contribution in [0, 0.1) is 11.3 Å². The van der Waals surface area contributed by atoms with Crippen molar-refractivity contribution in [2.75, 3.05) is 13.2 Å². The zero-order valence-corrected chi connectivity index (χ0v) is 5.46. The molecule has 54 valence electrons. The third kappa shape index (κ3) is 1.45. The zero-order valence-electron chi connectivity index (χ0n) is 5.46. The average Bonchev–Trinajstić information content (AvgIpc) is 1.79. The van der Waals surface area contributed by atoms with Gasteiger partial charge in [0.2, 0.25) is 5.91 Å². The molecule has 0 bridgehead atoms. The predicted octanol–water partition coefficient (Wildman–Crippen LogP) is -0.585. The van der Waals surface area contributed by atoms with Crippen molar-refractivity contribution in [1.82, 2.24) is 5.32 Å². The van der Waals surface area contributed by atoms with Crippen LogP contribution in [-0.2, 0) is 9.53 Å². The van der Waals surface area contributed by atoms with E-state index in [1.165, 1.54) is 0 Å². The fourth-order valence-electron chi connectivity index (χ4n) is 0.683. The summed E-state index contributed by atoms with van der Waals surface area (Å²) in [4.78, 5) is 10.8. The summed E-state index contributed by atoms with van der Waals surface area (Å²) in [5.74, 6) is -0.173. The quantitative estimate of drug-likeness (QED) is 0.522. The summed E-state index contributed by atoms with van der Waals surface area (Å²) < 4.78 is 4.87. The molecule has 4 nitrogen and oxygen atoms in total. The monoisotopic (exact) mass is 140 g/mol. The molecule has 1 atom stereocenters. The van der Waals surface area contributed by atoms with Gasteiger partial charge in [-0.15, -0.1) is 0 Å². The number of nitrogens with one attached hydrogen (secondary N) is 1. The Balaban J connectivity index is 2.15. The first kappa shape index (κ1) is 7.03. The lowest BCUT2D eigenvalue weighted by Gasteiger charge is -2.24. The van der Waals surface area contributed by atoms with Gasteiger partial charge in [-0.2, -0.15) is 5.26 Å². The molecule has 0 aromatic carbocycles. The van der Waals surface area contributed by atoms with E-state index in [4.69, 9.17) is 10.00 Å². The maximum atomic E-state index is 10.8. The Morgan fingerprint density at radius 3 is 3.00 bits per heavy atom. The van der Waals surface area contributed by atoms with Crippen molar-refractivity contribution < 1.29 is 9.53 Å². The summed E-state index contributed by atoms with van der Waals surface area (Å²) in [6.45, 7) is 0.726. The van der Waals surface area contributed by atoms with Gasteiger partial charge in [0.25, 0.3) is 0 Å². The fraction of sp³-hybridized carbons (Fsp3) is 0.667. The van der Waals surface area contributed by atoms with Crippen molar-refractivity contribution in [1.29, 1.82) is 5.26 Å². The number of nitriles is 1. The molecule has 0 saturated carbocycles. The molecule has 0 aliphatic carbocycles. The van der Waals surface area contributed by atoms with E-state index in [2.05, 4.69) is 5.32 Å². The minimum atomic E-state index is -0.298. The molecule has 0 aromatic heterocycles. The van der Waals surface area contributed by atoms with Crippen molar-refractivity contribution in [3.8, 4) is 6.07 Å². The van der Waals surface area contributed by atoms with E-state index >= 15 is 0 Å². The van der Waals surface area contributed by atoms with Crippen LogP contribution in [0.2, 0.25) is 0 Å². The van der Waals surface area contributed by atoms with Gasteiger partial charge >= 0.3 is 0 Å². The maximum Gasteiger partial charge on any atom is 0.250 e. The van der Waals surface area contributed by atoms with E-state index in [0.29, 0.717) is 6.61 Å². The molecule has 1 N–H and O–H groups in total. The molecular formula is C6H8N2O2. The highest BCUT2D eigenvalue weighted by Gasteiger charge is 2.25. The number of carbonyl (C=O) groups excluding carboxylic acids is 1. The molecule has 1 saturated heterocycles. The minimum Gasteiger partial charge on any atom is -0.368 e. The van der Waals surface area contributed by atoms with Gasteiger partial charge in [0.15, 0.2) is 0 Å². The Morgan fingerprint density at radius 2 is 2.60 bits per heavy atom. The molecule has 1 aliphatic heterocycles. The number of hydrogen-bond donors (Lipinski definition) is 1. The molecule has 1 heterocycles. The smallest absolute Gasteiger partial charge is 0.250 e. The van der Waals surface area contributed by atoms with Crippen LogP contribution >= 0.6 is 0 Å². The lowest BCUT2D eigenvalue weighted by molar-refractivity contribution is -0.144. The summed E-state index contributed by atoms with van der Waals surface area (Å²) in [5.41, 5.74) is 0. The summed E-state index contributed by atoms with van der Waals surface area (Å²) >= 11 is 0. The largest absolute Gasteiger partial charge is 0.368 e. The Morgan fingerprint density at radius 1 is 1.90 bits per heavy atom. The number of hydrogen-bond acceptors (Lipinski definition) is 3. The molecule has 0 spiro atoms. The molecule has 1 aliphatic rings. The third-order valence-corrected chi connectivity index (χ3v) is 1.33. The molecule has 0 radical (unpaired) electrons. The molecule has 0 aromatic rings. The number of ether oxygens (including phenoxy) is 1. The molecule has 1 amide bonds. The Hall–Kier alpha value is -1.08. The summed E-state index contributed by atoms with van der Waals surface area (Å²) in [6.07, 6.45) is 0.477. The van der Waals surface area contributed by atoms with E-state index in [1.54, 1.807) is 0 Å². The van der Waals surface area contributed by atoms with Crippen molar-refractivity contribution >= 4 is 5.91 Å². The van der Waals surface area contributed by atoms with Crippen LogP contribution in [0.1, 0.15) is 6.42 Å². The van der Waals surface area contributed by atoms with E-state index in [9.17, 15) is 4.79 Å². The summed E-state index contributed by atoms with van der Waals surface area (Å²) in [7, 11) is 0. The van der Waals surface area contributed by atoms with Gasteiger partial charge in [0, 0.05) is 6.42 Å². The average molecular weight is 140 g/mol. The van der Waals surface area contributed by atoms with Crippen LogP contribution in [-0.4, -0.2) is 25.2 Å². The highest BCUT2D eigenvalue weighted by atomic mass is 16.5. The number of rotatable bonds is 2. The Kier molecular flexibility index (Phi) is 2.24. The van der Waals surface area contributed by atoms with Crippen molar-refractivity contribution in [2.45, 2.75) is 12.5 Å². The highest BCUT2D eigenvalue weighted by Crippen LogP contribution is 2.09. The molecule has 1 unspecified atom stereocenters. The van der Waals surface area contributed by atoms with Crippen molar-refractivity contribution in [2.24, 2.45) is 0 Å². The Labute approximate surface area is 58.8 Å². The molecule has 4 heteroatoms. The molecule has 1 fully saturated rings. The van der Waals surface area contributed by atoms with Crippen LogP contribution < -0.4 is 5.32 Å². The minimum absolute atomic E-state index is 0.0681. The zero-order chi connectivity index (χ0) is 7.40. The van der Waals surface area contributed by atoms with Gasteiger partial charge in [0.05, 0.1) is 12.7 Å². The summed E-state index contributed by atoms with van der Waals surface area (Å²) in [6, 6.07) is 1.81. The molecule has 1 rings (SSSR count). The third-order valence-electron chi connectivity index (χ3n) is 1.33. The number of carbonyl (C=O) groups is 1. The van der Waals surface area contributed by atoms with Crippen LogP contribution in [0.25, 0.3) is 0 Å². The van der Waals surface area contributed by atoms with Gasteiger partial charge in [-0.1, -0.05) is 0 Å². The highest BCUT2D eigenvalue weighted by molar-refractivity contribution is 5.81. The molecule has 10 heavy (non-hydrogen) atoms. The lowest BCUT2D eigenvalue weighted by Crippen LogP contribution is -2.43. The second-order valence-electron chi connectivity index (χ2n) is 2.02. The van der Waals surface area contributed by atoms with Gasteiger partial charge in [0.1, 0.15) is 12.6 Å². The van der Waals surface area contributed by atoms with Gasteiger partial charge in [-0.25, -0.2) is 0 Å². The van der Waals surface area contributed by atoms with E-state index in [-0.39, 0.29) is 18.6 Å². The first-order valence-corrected chi connectivity index (χ1v) is 3.11. The van der Waals surface area contributed by atoms with Crippen LogP contribution in [0.5, 0.6) is 0 Å². The number of amides is 1.